The number of aromatic nitrogens is 1. The van der Waals surface area contributed by atoms with Gasteiger partial charge in [0, 0.05) is 6.04 Å². The van der Waals surface area contributed by atoms with Gasteiger partial charge in [0.15, 0.2) is 0 Å². The molecule has 0 fully saturated rings. The third kappa shape index (κ3) is 2.80. The van der Waals surface area contributed by atoms with Crippen LogP contribution in [-0.2, 0) is 0 Å². The summed E-state index contributed by atoms with van der Waals surface area (Å²) in [4.78, 5) is 4.42. The van der Waals surface area contributed by atoms with Gasteiger partial charge in [-0.2, -0.15) is 0 Å². The molecule has 0 saturated heterocycles. The number of hydrogen-bond donors (Lipinski definition) is 2. The second-order valence-electron chi connectivity index (χ2n) is 4.65. The van der Waals surface area contributed by atoms with Gasteiger partial charge in [-0.1, -0.05) is 29.8 Å². The zero-order valence-corrected chi connectivity index (χ0v) is 11.1. The molecule has 1 heterocycles. The van der Waals surface area contributed by atoms with E-state index in [4.69, 9.17) is 5.73 Å². The molecule has 2 aromatic rings. The van der Waals surface area contributed by atoms with E-state index in [1.807, 2.05) is 19.1 Å². The molecule has 94 valence electrons. The SMILES string of the molecule is Cc1ccc(C(C)Nc2ccc(N)c(C)n2)cc1. The first-order valence-electron chi connectivity index (χ1n) is 6.12. The summed E-state index contributed by atoms with van der Waals surface area (Å²) in [6.45, 7) is 6.13. The van der Waals surface area contributed by atoms with E-state index in [0.717, 1.165) is 17.2 Å². The van der Waals surface area contributed by atoms with Crippen LogP contribution >= 0.6 is 0 Å². The summed E-state index contributed by atoms with van der Waals surface area (Å²) >= 11 is 0. The van der Waals surface area contributed by atoms with Crippen LogP contribution in [0.4, 0.5) is 11.5 Å². The predicted octanol–water partition coefficient (Wildman–Crippen LogP) is 3.45. The summed E-state index contributed by atoms with van der Waals surface area (Å²) in [6, 6.07) is 12.5. The van der Waals surface area contributed by atoms with Gasteiger partial charge in [0.25, 0.3) is 0 Å². The Labute approximate surface area is 108 Å². The Bertz CT molecular complexity index is 532. The van der Waals surface area contributed by atoms with Gasteiger partial charge in [-0.05, 0) is 38.5 Å². The van der Waals surface area contributed by atoms with Gasteiger partial charge in [0.2, 0.25) is 0 Å². The van der Waals surface area contributed by atoms with Crippen LogP contribution < -0.4 is 11.1 Å². The van der Waals surface area contributed by atoms with E-state index in [-0.39, 0.29) is 6.04 Å². The Hall–Kier alpha value is -2.03. The van der Waals surface area contributed by atoms with E-state index >= 15 is 0 Å². The summed E-state index contributed by atoms with van der Waals surface area (Å²) in [5, 5.41) is 3.38. The molecular weight excluding hydrogens is 222 g/mol. The molecule has 0 aliphatic rings. The molecular formula is C15H19N3. The minimum absolute atomic E-state index is 0.223. The van der Waals surface area contributed by atoms with E-state index in [2.05, 4.69) is 48.4 Å². The van der Waals surface area contributed by atoms with Crippen LogP contribution in [0.2, 0.25) is 0 Å². The molecule has 3 heteroatoms. The number of rotatable bonds is 3. The third-order valence-corrected chi connectivity index (χ3v) is 3.07. The third-order valence-electron chi connectivity index (χ3n) is 3.07. The Kier molecular flexibility index (Phi) is 3.51. The Morgan fingerprint density at radius 3 is 2.33 bits per heavy atom. The lowest BCUT2D eigenvalue weighted by Crippen LogP contribution is -2.08. The molecule has 0 amide bonds. The lowest BCUT2D eigenvalue weighted by Gasteiger charge is -2.16. The maximum Gasteiger partial charge on any atom is 0.126 e. The molecule has 0 aliphatic carbocycles. The van der Waals surface area contributed by atoms with Crippen LogP contribution in [0.25, 0.3) is 0 Å². The molecule has 0 radical (unpaired) electrons. The smallest absolute Gasteiger partial charge is 0.126 e. The van der Waals surface area contributed by atoms with Gasteiger partial charge in [-0.25, -0.2) is 4.98 Å². The molecule has 3 nitrogen and oxygen atoms in total. The summed E-state index contributed by atoms with van der Waals surface area (Å²) in [5.74, 6) is 0.856. The number of nitrogens with two attached hydrogens (primary N) is 1. The highest BCUT2D eigenvalue weighted by Gasteiger charge is 2.06. The number of nitrogens with zero attached hydrogens (tertiary/aromatic N) is 1. The maximum absolute atomic E-state index is 5.76. The highest BCUT2D eigenvalue weighted by atomic mass is 15.0. The van der Waals surface area contributed by atoms with E-state index in [9.17, 15) is 0 Å². The number of nitrogen functional groups attached to an aromatic ring is 1. The molecule has 18 heavy (non-hydrogen) atoms. The van der Waals surface area contributed by atoms with Crippen molar-refractivity contribution < 1.29 is 0 Å². The van der Waals surface area contributed by atoms with Gasteiger partial charge >= 0.3 is 0 Å². The number of anilines is 2. The van der Waals surface area contributed by atoms with E-state index in [1.165, 1.54) is 11.1 Å². The molecule has 1 aromatic heterocycles. The van der Waals surface area contributed by atoms with Crippen molar-refractivity contribution in [3.8, 4) is 0 Å². The first-order chi connectivity index (χ1) is 8.56. The minimum Gasteiger partial charge on any atom is -0.397 e. The molecule has 1 atom stereocenters. The van der Waals surface area contributed by atoms with E-state index in [1.54, 1.807) is 0 Å². The van der Waals surface area contributed by atoms with Crippen molar-refractivity contribution >= 4 is 11.5 Å². The molecule has 2 rings (SSSR count). The van der Waals surface area contributed by atoms with Gasteiger partial charge < -0.3 is 11.1 Å². The zero-order chi connectivity index (χ0) is 13.1. The molecule has 0 bridgehead atoms. The number of hydrogen-bond acceptors (Lipinski definition) is 3. The summed E-state index contributed by atoms with van der Waals surface area (Å²) in [7, 11) is 0. The normalized spacial score (nSPS) is 12.2. The fourth-order valence-corrected chi connectivity index (χ4v) is 1.81. The van der Waals surface area contributed by atoms with Crippen molar-refractivity contribution in [2.24, 2.45) is 0 Å². The standard InChI is InChI=1S/C15H19N3/c1-10-4-6-13(7-5-10)11(2)17-15-9-8-14(16)12(3)18-15/h4-9,11H,16H2,1-3H3,(H,17,18). The maximum atomic E-state index is 5.76. The number of pyridine rings is 1. The minimum atomic E-state index is 0.223. The van der Waals surface area contributed by atoms with E-state index < -0.39 is 0 Å². The number of benzene rings is 1. The second-order valence-corrected chi connectivity index (χ2v) is 4.65. The highest BCUT2D eigenvalue weighted by molar-refractivity contribution is 5.49. The summed E-state index contributed by atoms with van der Waals surface area (Å²) in [6.07, 6.45) is 0. The topological polar surface area (TPSA) is 50.9 Å². The largest absolute Gasteiger partial charge is 0.397 e. The lowest BCUT2D eigenvalue weighted by molar-refractivity contribution is 0.872. The van der Waals surface area contributed by atoms with Gasteiger partial charge in [-0.3, -0.25) is 0 Å². The highest BCUT2D eigenvalue weighted by Crippen LogP contribution is 2.19. The number of nitrogens with one attached hydrogen (secondary N) is 1. The molecule has 3 N–H and O–H groups in total. The van der Waals surface area contributed by atoms with Crippen molar-refractivity contribution in [3.63, 3.8) is 0 Å². The summed E-state index contributed by atoms with van der Waals surface area (Å²) < 4.78 is 0. The van der Waals surface area contributed by atoms with Crippen LogP contribution in [0.5, 0.6) is 0 Å². The average molecular weight is 241 g/mol. The van der Waals surface area contributed by atoms with Crippen LogP contribution in [0.15, 0.2) is 36.4 Å². The monoisotopic (exact) mass is 241 g/mol. The van der Waals surface area contributed by atoms with Crippen molar-refractivity contribution in [2.45, 2.75) is 26.8 Å². The lowest BCUT2D eigenvalue weighted by atomic mass is 10.1. The Morgan fingerprint density at radius 2 is 1.72 bits per heavy atom. The Morgan fingerprint density at radius 1 is 1.06 bits per heavy atom. The molecule has 0 saturated carbocycles. The van der Waals surface area contributed by atoms with Crippen molar-refractivity contribution in [3.05, 3.63) is 53.2 Å². The predicted molar refractivity (Wildman–Crippen MR) is 76.6 cm³/mol. The van der Waals surface area contributed by atoms with Gasteiger partial charge in [0.1, 0.15) is 5.82 Å². The summed E-state index contributed by atoms with van der Waals surface area (Å²) in [5.41, 5.74) is 9.86. The fraction of sp³-hybridized carbons (Fsp3) is 0.267. The quantitative estimate of drug-likeness (QED) is 0.865. The van der Waals surface area contributed by atoms with Crippen LogP contribution in [-0.4, -0.2) is 4.98 Å². The van der Waals surface area contributed by atoms with E-state index in [0.29, 0.717) is 0 Å². The first kappa shape index (κ1) is 12.4. The van der Waals surface area contributed by atoms with Crippen LogP contribution in [0.3, 0.4) is 0 Å². The average Bonchev–Trinajstić information content (AvgIpc) is 2.34. The van der Waals surface area contributed by atoms with Crippen molar-refractivity contribution in [1.82, 2.24) is 4.98 Å². The Balaban J connectivity index is 2.13. The fourth-order valence-electron chi connectivity index (χ4n) is 1.81. The van der Waals surface area contributed by atoms with Gasteiger partial charge in [-0.15, -0.1) is 0 Å². The zero-order valence-electron chi connectivity index (χ0n) is 11.1. The number of aryl methyl sites for hydroxylation is 2. The molecule has 0 aliphatic heterocycles. The van der Waals surface area contributed by atoms with Crippen LogP contribution in [0, 0.1) is 13.8 Å². The van der Waals surface area contributed by atoms with Gasteiger partial charge in [0.05, 0.1) is 11.4 Å². The van der Waals surface area contributed by atoms with Crippen molar-refractivity contribution in [2.75, 3.05) is 11.1 Å². The molecule has 0 spiro atoms. The second kappa shape index (κ2) is 5.08. The van der Waals surface area contributed by atoms with Crippen molar-refractivity contribution in [1.29, 1.82) is 0 Å². The molecule has 1 unspecified atom stereocenters. The molecule has 1 aromatic carbocycles. The first-order valence-corrected chi connectivity index (χ1v) is 6.12. The van der Waals surface area contributed by atoms with Crippen LogP contribution in [0.1, 0.15) is 29.8 Å².